The van der Waals surface area contributed by atoms with Crippen LogP contribution >= 0.6 is 11.8 Å². The molecule has 0 aliphatic heterocycles. The highest BCUT2D eigenvalue weighted by Crippen LogP contribution is 2.02. The van der Waals surface area contributed by atoms with Crippen molar-refractivity contribution in [1.82, 2.24) is 5.32 Å². The average molecular weight is 232 g/mol. The molecule has 0 aromatic rings. The van der Waals surface area contributed by atoms with Gasteiger partial charge in [-0.3, -0.25) is 4.79 Å². The molecule has 15 heavy (non-hydrogen) atoms. The quantitative estimate of drug-likeness (QED) is 0.670. The van der Waals surface area contributed by atoms with Crippen LogP contribution in [0.15, 0.2) is 0 Å². The number of hydrogen-bond acceptors (Lipinski definition) is 3. The monoisotopic (exact) mass is 232 g/mol. The van der Waals surface area contributed by atoms with Gasteiger partial charge in [0.25, 0.3) is 0 Å². The summed E-state index contributed by atoms with van der Waals surface area (Å²) in [6.45, 7) is 4.19. The van der Waals surface area contributed by atoms with Crippen LogP contribution in [0.1, 0.15) is 39.5 Å². The Kier molecular flexibility index (Phi) is 8.91. The molecule has 1 amide bonds. The molecule has 90 valence electrons. The van der Waals surface area contributed by atoms with Crippen LogP contribution in [0.5, 0.6) is 0 Å². The molecule has 0 rings (SSSR count). The molecule has 0 aliphatic rings. The SMILES string of the molecule is CCCCC(C)NC(=O)[C@@H](N)CCSC. The molecule has 1 unspecified atom stereocenters. The van der Waals surface area contributed by atoms with E-state index < -0.39 is 0 Å². The third-order valence-electron chi connectivity index (χ3n) is 2.35. The fourth-order valence-corrected chi connectivity index (χ4v) is 1.80. The first-order chi connectivity index (χ1) is 7.11. The van der Waals surface area contributed by atoms with Crippen LogP contribution in [-0.4, -0.2) is 30.0 Å². The second-order valence-corrected chi connectivity index (χ2v) is 4.93. The lowest BCUT2D eigenvalue weighted by Gasteiger charge is -2.17. The lowest BCUT2D eigenvalue weighted by Crippen LogP contribution is -2.44. The van der Waals surface area contributed by atoms with Crippen molar-refractivity contribution < 1.29 is 4.79 Å². The van der Waals surface area contributed by atoms with Crippen LogP contribution in [0.25, 0.3) is 0 Å². The second-order valence-electron chi connectivity index (χ2n) is 3.94. The second kappa shape index (κ2) is 9.04. The van der Waals surface area contributed by atoms with Gasteiger partial charge in [-0.1, -0.05) is 19.8 Å². The van der Waals surface area contributed by atoms with Gasteiger partial charge in [0, 0.05) is 6.04 Å². The average Bonchev–Trinajstić information content (AvgIpc) is 2.22. The highest BCUT2D eigenvalue weighted by atomic mass is 32.2. The van der Waals surface area contributed by atoms with Crippen molar-refractivity contribution in [2.45, 2.75) is 51.6 Å². The number of unbranched alkanes of at least 4 members (excludes halogenated alkanes) is 1. The zero-order valence-electron chi connectivity index (χ0n) is 10.1. The van der Waals surface area contributed by atoms with E-state index in [1.54, 1.807) is 11.8 Å². The molecule has 0 aromatic carbocycles. The maximum absolute atomic E-state index is 11.6. The first-order valence-corrected chi connectivity index (χ1v) is 7.06. The summed E-state index contributed by atoms with van der Waals surface area (Å²) in [5.74, 6) is 0.936. The number of thioether (sulfide) groups is 1. The number of hydrogen-bond donors (Lipinski definition) is 2. The topological polar surface area (TPSA) is 55.1 Å². The third kappa shape index (κ3) is 7.68. The highest BCUT2D eigenvalue weighted by Gasteiger charge is 2.14. The zero-order chi connectivity index (χ0) is 11.7. The van der Waals surface area contributed by atoms with E-state index in [-0.39, 0.29) is 18.0 Å². The first kappa shape index (κ1) is 14.8. The minimum atomic E-state index is -0.346. The fraction of sp³-hybridized carbons (Fsp3) is 0.909. The Morgan fingerprint density at radius 3 is 2.67 bits per heavy atom. The predicted molar refractivity (Wildman–Crippen MR) is 68.1 cm³/mol. The number of amides is 1. The van der Waals surface area contributed by atoms with Gasteiger partial charge < -0.3 is 11.1 Å². The Morgan fingerprint density at radius 2 is 2.13 bits per heavy atom. The molecule has 2 atom stereocenters. The molecule has 0 saturated carbocycles. The van der Waals surface area contributed by atoms with Crippen molar-refractivity contribution >= 4 is 17.7 Å². The van der Waals surface area contributed by atoms with Crippen molar-refractivity contribution in [3.8, 4) is 0 Å². The van der Waals surface area contributed by atoms with Gasteiger partial charge in [-0.15, -0.1) is 0 Å². The Hall–Kier alpha value is -0.220. The smallest absolute Gasteiger partial charge is 0.237 e. The van der Waals surface area contributed by atoms with Gasteiger partial charge in [-0.05, 0) is 31.8 Å². The van der Waals surface area contributed by atoms with Gasteiger partial charge in [0.1, 0.15) is 0 Å². The van der Waals surface area contributed by atoms with Crippen molar-refractivity contribution in [3.63, 3.8) is 0 Å². The molecular formula is C11H24N2OS. The van der Waals surface area contributed by atoms with E-state index >= 15 is 0 Å². The Bertz CT molecular complexity index is 176. The lowest BCUT2D eigenvalue weighted by atomic mass is 10.1. The minimum Gasteiger partial charge on any atom is -0.352 e. The Morgan fingerprint density at radius 1 is 1.47 bits per heavy atom. The normalized spacial score (nSPS) is 14.7. The molecule has 0 spiro atoms. The zero-order valence-corrected chi connectivity index (χ0v) is 10.9. The van der Waals surface area contributed by atoms with Crippen LogP contribution in [0, 0.1) is 0 Å². The van der Waals surface area contributed by atoms with Crippen molar-refractivity contribution in [2.24, 2.45) is 5.73 Å². The summed E-state index contributed by atoms with van der Waals surface area (Å²) in [7, 11) is 0. The highest BCUT2D eigenvalue weighted by molar-refractivity contribution is 7.98. The van der Waals surface area contributed by atoms with Crippen LogP contribution in [0.4, 0.5) is 0 Å². The van der Waals surface area contributed by atoms with E-state index in [1.165, 1.54) is 6.42 Å². The molecule has 0 heterocycles. The summed E-state index contributed by atoms with van der Waals surface area (Å²) < 4.78 is 0. The summed E-state index contributed by atoms with van der Waals surface area (Å²) in [4.78, 5) is 11.6. The van der Waals surface area contributed by atoms with Crippen molar-refractivity contribution in [1.29, 1.82) is 0 Å². The maximum Gasteiger partial charge on any atom is 0.237 e. The fourth-order valence-electron chi connectivity index (χ4n) is 1.31. The van der Waals surface area contributed by atoms with E-state index in [9.17, 15) is 4.79 Å². The molecule has 0 fully saturated rings. The van der Waals surface area contributed by atoms with Crippen LogP contribution in [0.3, 0.4) is 0 Å². The summed E-state index contributed by atoms with van der Waals surface area (Å²) >= 11 is 1.72. The molecule has 0 bridgehead atoms. The van der Waals surface area contributed by atoms with Crippen molar-refractivity contribution in [2.75, 3.05) is 12.0 Å². The molecular weight excluding hydrogens is 208 g/mol. The number of carbonyl (C=O) groups is 1. The summed E-state index contributed by atoms with van der Waals surface area (Å²) in [6, 6.07) is -0.0979. The van der Waals surface area contributed by atoms with Gasteiger partial charge in [-0.25, -0.2) is 0 Å². The van der Waals surface area contributed by atoms with E-state index in [4.69, 9.17) is 5.73 Å². The maximum atomic E-state index is 11.6. The number of rotatable bonds is 8. The summed E-state index contributed by atoms with van der Waals surface area (Å²) in [5.41, 5.74) is 5.75. The molecule has 4 heteroatoms. The van der Waals surface area contributed by atoms with E-state index in [0.717, 1.165) is 25.0 Å². The van der Waals surface area contributed by atoms with Gasteiger partial charge in [0.05, 0.1) is 6.04 Å². The largest absolute Gasteiger partial charge is 0.352 e. The van der Waals surface area contributed by atoms with Crippen molar-refractivity contribution in [3.05, 3.63) is 0 Å². The van der Waals surface area contributed by atoms with Gasteiger partial charge >= 0.3 is 0 Å². The van der Waals surface area contributed by atoms with Gasteiger partial charge in [0.15, 0.2) is 0 Å². The van der Waals surface area contributed by atoms with Crippen LogP contribution < -0.4 is 11.1 Å². The van der Waals surface area contributed by atoms with E-state index in [2.05, 4.69) is 12.2 Å². The number of nitrogens with one attached hydrogen (secondary N) is 1. The lowest BCUT2D eigenvalue weighted by molar-refractivity contribution is -0.123. The molecule has 0 aliphatic carbocycles. The summed E-state index contributed by atoms with van der Waals surface area (Å²) in [5, 5.41) is 2.95. The standard InChI is InChI=1S/C11H24N2OS/c1-4-5-6-9(2)13-11(14)10(12)7-8-15-3/h9-10H,4-8,12H2,1-3H3,(H,13,14)/t9?,10-/m0/s1. The number of carbonyl (C=O) groups excluding carboxylic acids is 1. The minimum absolute atomic E-state index is 0.00680. The first-order valence-electron chi connectivity index (χ1n) is 5.66. The molecule has 0 radical (unpaired) electrons. The van der Waals surface area contributed by atoms with E-state index in [0.29, 0.717) is 0 Å². The Labute approximate surface area is 97.6 Å². The molecule has 3 nitrogen and oxygen atoms in total. The van der Waals surface area contributed by atoms with Gasteiger partial charge in [-0.2, -0.15) is 11.8 Å². The van der Waals surface area contributed by atoms with Crippen LogP contribution in [0.2, 0.25) is 0 Å². The molecule has 3 N–H and O–H groups in total. The van der Waals surface area contributed by atoms with E-state index in [1.807, 2.05) is 13.2 Å². The third-order valence-corrected chi connectivity index (χ3v) is 2.99. The predicted octanol–water partition coefficient (Wildman–Crippen LogP) is 1.76. The number of nitrogens with two attached hydrogens (primary N) is 1. The van der Waals surface area contributed by atoms with Gasteiger partial charge in [0.2, 0.25) is 5.91 Å². The molecule has 0 saturated heterocycles. The Balaban J connectivity index is 3.70. The summed E-state index contributed by atoms with van der Waals surface area (Å²) in [6.07, 6.45) is 6.14. The molecule has 0 aromatic heterocycles. The van der Waals surface area contributed by atoms with Crippen LogP contribution in [-0.2, 0) is 4.79 Å².